The van der Waals surface area contributed by atoms with Crippen molar-refractivity contribution in [2.24, 2.45) is 5.92 Å². The van der Waals surface area contributed by atoms with Crippen molar-refractivity contribution in [2.45, 2.75) is 38.8 Å². The fourth-order valence-electron chi connectivity index (χ4n) is 2.99. The molecule has 1 saturated carbocycles. The maximum absolute atomic E-state index is 12.1. The first-order valence-corrected chi connectivity index (χ1v) is 8.19. The van der Waals surface area contributed by atoms with E-state index in [0.29, 0.717) is 25.4 Å². The van der Waals surface area contributed by atoms with Gasteiger partial charge in [0.1, 0.15) is 12.4 Å². The molecule has 23 heavy (non-hydrogen) atoms. The molecule has 2 aliphatic rings. The molecule has 2 amide bonds. The zero-order valence-electron chi connectivity index (χ0n) is 13.7. The summed E-state index contributed by atoms with van der Waals surface area (Å²) in [6.45, 7) is 4.16. The normalized spacial score (nSPS) is 20.3. The monoisotopic (exact) mass is 320 g/mol. The van der Waals surface area contributed by atoms with E-state index in [1.807, 2.05) is 17.7 Å². The zero-order chi connectivity index (χ0) is 16.4. The third-order valence-corrected chi connectivity index (χ3v) is 4.49. The van der Waals surface area contributed by atoms with Crippen LogP contribution in [0.2, 0.25) is 0 Å². The van der Waals surface area contributed by atoms with E-state index >= 15 is 0 Å². The lowest BCUT2D eigenvalue weighted by atomic mass is 10.2. The summed E-state index contributed by atoms with van der Waals surface area (Å²) >= 11 is 0. The molecule has 1 aliphatic carbocycles. The van der Waals surface area contributed by atoms with Gasteiger partial charge in [-0.15, -0.1) is 0 Å². The van der Waals surface area contributed by atoms with Crippen LogP contribution < -0.4 is 5.32 Å². The predicted molar refractivity (Wildman–Crippen MR) is 83.7 cm³/mol. The van der Waals surface area contributed by atoms with Gasteiger partial charge in [-0.3, -0.25) is 9.59 Å². The Morgan fingerprint density at radius 3 is 2.87 bits per heavy atom. The molecule has 126 valence electrons. The number of ether oxygens (including phenoxy) is 1. The first-order valence-electron chi connectivity index (χ1n) is 8.19. The summed E-state index contributed by atoms with van der Waals surface area (Å²) in [7, 11) is 1.52. The van der Waals surface area contributed by atoms with Crippen LogP contribution in [0.25, 0.3) is 0 Å². The molecule has 1 aromatic rings. The highest BCUT2D eigenvalue weighted by atomic mass is 16.5. The van der Waals surface area contributed by atoms with Crippen molar-refractivity contribution in [1.29, 1.82) is 0 Å². The van der Waals surface area contributed by atoms with E-state index in [4.69, 9.17) is 4.74 Å². The Hall–Kier alpha value is -1.89. The van der Waals surface area contributed by atoms with E-state index in [1.54, 1.807) is 4.90 Å². The summed E-state index contributed by atoms with van der Waals surface area (Å²) in [6, 6.07) is -0.102. The number of methoxy groups -OCH3 is 1. The van der Waals surface area contributed by atoms with E-state index < -0.39 is 0 Å². The van der Waals surface area contributed by atoms with Gasteiger partial charge in [-0.2, -0.15) is 0 Å². The molecule has 0 bridgehead atoms. The lowest BCUT2D eigenvalue weighted by Crippen LogP contribution is -2.42. The van der Waals surface area contributed by atoms with E-state index in [9.17, 15) is 9.59 Å². The highest BCUT2D eigenvalue weighted by Gasteiger charge is 2.29. The molecule has 3 rings (SSSR count). The SMILES string of the molecule is COCC(=O)N1CCn2cc(CC(=O)NCC3CC3)nc2C1C. The topological polar surface area (TPSA) is 76.5 Å². The first kappa shape index (κ1) is 16.0. The minimum atomic E-state index is -0.102. The molecular weight excluding hydrogens is 296 g/mol. The second-order valence-corrected chi connectivity index (χ2v) is 6.40. The summed E-state index contributed by atoms with van der Waals surface area (Å²) in [5, 5.41) is 2.96. The van der Waals surface area contributed by atoms with Gasteiger partial charge >= 0.3 is 0 Å². The highest BCUT2D eigenvalue weighted by molar-refractivity contribution is 5.78. The van der Waals surface area contributed by atoms with Crippen LogP contribution in [0, 0.1) is 5.92 Å². The van der Waals surface area contributed by atoms with Gasteiger partial charge in [0.2, 0.25) is 11.8 Å². The molecule has 0 radical (unpaired) electrons. The van der Waals surface area contributed by atoms with E-state index in [1.165, 1.54) is 20.0 Å². The number of carbonyl (C=O) groups is 2. The molecule has 1 unspecified atom stereocenters. The maximum Gasteiger partial charge on any atom is 0.249 e. The molecular formula is C16H24N4O3. The van der Waals surface area contributed by atoms with Gasteiger partial charge in [0.25, 0.3) is 0 Å². The molecule has 2 heterocycles. The lowest BCUT2D eigenvalue weighted by Gasteiger charge is -2.33. The fourth-order valence-corrected chi connectivity index (χ4v) is 2.99. The average molecular weight is 320 g/mol. The number of hydrogen-bond acceptors (Lipinski definition) is 4. The minimum Gasteiger partial charge on any atom is -0.375 e. The quantitative estimate of drug-likeness (QED) is 0.828. The van der Waals surface area contributed by atoms with Crippen molar-refractivity contribution in [3.63, 3.8) is 0 Å². The molecule has 7 heteroatoms. The summed E-state index contributed by atoms with van der Waals surface area (Å²) < 4.78 is 6.98. The molecule has 0 saturated heterocycles. The molecule has 1 aliphatic heterocycles. The molecule has 1 atom stereocenters. The lowest BCUT2D eigenvalue weighted by molar-refractivity contribution is -0.138. The van der Waals surface area contributed by atoms with Crippen molar-refractivity contribution in [2.75, 3.05) is 26.8 Å². The number of nitrogens with one attached hydrogen (secondary N) is 1. The second kappa shape index (κ2) is 6.70. The first-order chi connectivity index (χ1) is 11.1. The van der Waals surface area contributed by atoms with Crippen molar-refractivity contribution in [3.8, 4) is 0 Å². The third kappa shape index (κ3) is 3.72. The van der Waals surface area contributed by atoms with Crippen LogP contribution in [0.15, 0.2) is 6.20 Å². The Morgan fingerprint density at radius 2 is 2.17 bits per heavy atom. The van der Waals surface area contributed by atoms with Gasteiger partial charge in [0.15, 0.2) is 0 Å². The molecule has 1 N–H and O–H groups in total. The van der Waals surface area contributed by atoms with Crippen LogP contribution in [0.4, 0.5) is 0 Å². The van der Waals surface area contributed by atoms with Gasteiger partial charge in [0.05, 0.1) is 18.2 Å². The van der Waals surface area contributed by atoms with Crippen molar-refractivity contribution in [1.82, 2.24) is 19.8 Å². The van der Waals surface area contributed by atoms with E-state index in [-0.39, 0.29) is 24.5 Å². The summed E-state index contributed by atoms with van der Waals surface area (Å²) in [5.41, 5.74) is 0.765. The highest BCUT2D eigenvalue weighted by Crippen LogP contribution is 2.27. The van der Waals surface area contributed by atoms with Crippen LogP contribution in [0.5, 0.6) is 0 Å². The number of fused-ring (bicyclic) bond motifs is 1. The van der Waals surface area contributed by atoms with Crippen LogP contribution in [0.3, 0.4) is 0 Å². The van der Waals surface area contributed by atoms with Crippen LogP contribution in [-0.2, 0) is 27.3 Å². The number of nitrogens with zero attached hydrogens (tertiary/aromatic N) is 3. The molecule has 1 fully saturated rings. The Balaban J connectivity index is 1.62. The van der Waals surface area contributed by atoms with Gasteiger partial charge in [-0.05, 0) is 25.7 Å². The zero-order valence-corrected chi connectivity index (χ0v) is 13.7. The number of rotatable bonds is 6. The number of amides is 2. The van der Waals surface area contributed by atoms with Crippen molar-refractivity contribution >= 4 is 11.8 Å². The van der Waals surface area contributed by atoms with E-state index in [2.05, 4.69) is 10.3 Å². The number of imidazole rings is 1. The van der Waals surface area contributed by atoms with Gasteiger partial charge in [-0.25, -0.2) is 4.98 Å². The number of carbonyl (C=O) groups excluding carboxylic acids is 2. The predicted octanol–water partition coefficient (Wildman–Crippen LogP) is 0.501. The Labute approximate surface area is 136 Å². The molecule has 0 spiro atoms. The summed E-state index contributed by atoms with van der Waals surface area (Å²) in [5.74, 6) is 1.51. The van der Waals surface area contributed by atoms with Crippen LogP contribution in [-0.4, -0.2) is 53.1 Å². The second-order valence-electron chi connectivity index (χ2n) is 6.40. The minimum absolute atomic E-state index is 0.0207. The van der Waals surface area contributed by atoms with E-state index in [0.717, 1.165) is 18.1 Å². The van der Waals surface area contributed by atoms with Gasteiger partial charge in [-0.1, -0.05) is 0 Å². The standard InChI is InChI=1S/C16H24N4O3/c1-11-16-18-13(7-14(21)17-8-12-3-4-12)9-19(16)5-6-20(11)15(22)10-23-2/h9,11-12H,3-8,10H2,1-2H3,(H,17,21). The Kier molecular flexibility index (Phi) is 4.66. The molecule has 1 aromatic heterocycles. The summed E-state index contributed by atoms with van der Waals surface area (Å²) in [4.78, 5) is 30.4. The third-order valence-electron chi connectivity index (χ3n) is 4.49. The van der Waals surface area contributed by atoms with Crippen molar-refractivity contribution in [3.05, 3.63) is 17.7 Å². The average Bonchev–Trinajstić information content (AvgIpc) is 3.25. The number of hydrogen-bond donors (Lipinski definition) is 1. The molecule has 0 aromatic carbocycles. The maximum atomic E-state index is 12.1. The largest absolute Gasteiger partial charge is 0.375 e. The van der Waals surface area contributed by atoms with Gasteiger partial charge < -0.3 is 19.5 Å². The van der Waals surface area contributed by atoms with Gasteiger partial charge in [0, 0.05) is 32.9 Å². The van der Waals surface area contributed by atoms with Crippen LogP contribution >= 0.6 is 0 Å². The van der Waals surface area contributed by atoms with Crippen molar-refractivity contribution < 1.29 is 14.3 Å². The fraction of sp³-hybridized carbons (Fsp3) is 0.688. The molecule has 7 nitrogen and oxygen atoms in total. The Bertz CT molecular complexity index is 594. The Morgan fingerprint density at radius 1 is 1.39 bits per heavy atom. The smallest absolute Gasteiger partial charge is 0.249 e. The summed E-state index contributed by atoms with van der Waals surface area (Å²) in [6.07, 6.45) is 4.68. The number of aromatic nitrogens is 2. The van der Waals surface area contributed by atoms with Crippen LogP contribution in [0.1, 0.15) is 37.3 Å².